The van der Waals surface area contributed by atoms with Crippen molar-refractivity contribution in [1.29, 1.82) is 0 Å². The van der Waals surface area contributed by atoms with E-state index in [1.54, 1.807) is 31.2 Å². The third-order valence-electron chi connectivity index (χ3n) is 3.48. The van der Waals surface area contributed by atoms with E-state index in [2.05, 4.69) is 21.1 Å². The molecule has 0 amide bonds. The molecule has 0 fully saturated rings. The van der Waals surface area contributed by atoms with Gasteiger partial charge in [-0.1, -0.05) is 51.4 Å². The van der Waals surface area contributed by atoms with E-state index in [0.29, 0.717) is 29.4 Å². The Bertz CT molecular complexity index is 875. The van der Waals surface area contributed by atoms with Gasteiger partial charge in [-0.25, -0.2) is 4.79 Å². The summed E-state index contributed by atoms with van der Waals surface area (Å²) in [4.78, 5) is 12.4. The van der Waals surface area contributed by atoms with Gasteiger partial charge in [0.15, 0.2) is 0 Å². The summed E-state index contributed by atoms with van der Waals surface area (Å²) >= 11 is 3.48. The van der Waals surface area contributed by atoms with Gasteiger partial charge < -0.3 is 14.0 Å². The second-order valence-corrected chi connectivity index (χ2v) is 6.24. The molecule has 0 unspecified atom stereocenters. The first kappa shape index (κ1) is 17.2. The Morgan fingerprint density at radius 3 is 2.64 bits per heavy atom. The number of aromatic nitrogens is 1. The molecule has 0 saturated carbocycles. The molecule has 1 heterocycles. The Morgan fingerprint density at radius 2 is 1.88 bits per heavy atom. The molecular formula is C19H16BrNO4. The lowest BCUT2D eigenvalue weighted by molar-refractivity contribution is 0.0459. The number of benzene rings is 2. The molecule has 0 aliphatic heterocycles. The van der Waals surface area contributed by atoms with Crippen molar-refractivity contribution < 1.29 is 18.8 Å². The Balaban J connectivity index is 1.67. The van der Waals surface area contributed by atoms with Gasteiger partial charge in [-0.2, -0.15) is 0 Å². The Kier molecular flexibility index (Phi) is 5.50. The molecule has 0 bridgehead atoms. The van der Waals surface area contributed by atoms with Crippen LogP contribution in [0.25, 0.3) is 0 Å². The molecule has 3 aromatic rings. The molecule has 0 aliphatic carbocycles. The van der Waals surface area contributed by atoms with Crippen molar-refractivity contribution in [2.45, 2.75) is 20.1 Å². The van der Waals surface area contributed by atoms with E-state index in [1.807, 2.05) is 30.3 Å². The molecule has 0 aliphatic rings. The van der Waals surface area contributed by atoms with Crippen LogP contribution in [-0.4, -0.2) is 11.1 Å². The summed E-state index contributed by atoms with van der Waals surface area (Å²) in [5.41, 5.74) is 1.93. The van der Waals surface area contributed by atoms with Crippen LogP contribution in [-0.2, 0) is 18.0 Å². The molecule has 2 aromatic carbocycles. The third-order valence-corrected chi connectivity index (χ3v) is 4.25. The lowest BCUT2D eigenvalue weighted by Crippen LogP contribution is -2.08. The number of para-hydroxylation sites is 1. The van der Waals surface area contributed by atoms with Crippen LogP contribution in [0.1, 0.15) is 27.4 Å². The second kappa shape index (κ2) is 7.98. The Labute approximate surface area is 153 Å². The van der Waals surface area contributed by atoms with E-state index >= 15 is 0 Å². The third kappa shape index (κ3) is 4.48. The summed E-state index contributed by atoms with van der Waals surface area (Å²) in [7, 11) is 0. The Morgan fingerprint density at radius 1 is 1.12 bits per heavy atom. The van der Waals surface area contributed by atoms with Crippen molar-refractivity contribution in [3.05, 3.63) is 81.7 Å². The summed E-state index contributed by atoms with van der Waals surface area (Å²) in [6.07, 6.45) is 0. The van der Waals surface area contributed by atoms with Crippen molar-refractivity contribution in [2.75, 3.05) is 0 Å². The largest absolute Gasteiger partial charge is 0.488 e. The highest BCUT2D eigenvalue weighted by molar-refractivity contribution is 9.10. The van der Waals surface area contributed by atoms with Crippen molar-refractivity contribution in [2.24, 2.45) is 0 Å². The monoisotopic (exact) mass is 401 g/mol. The lowest BCUT2D eigenvalue weighted by atomic mass is 10.2. The van der Waals surface area contributed by atoms with Gasteiger partial charge in [0, 0.05) is 16.1 Å². The van der Waals surface area contributed by atoms with Crippen LogP contribution < -0.4 is 4.74 Å². The highest BCUT2D eigenvalue weighted by atomic mass is 79.9. The fourth-order valence-electron chi connectivity index (χ4n) is 2.24. The Hall–Kier alpha value is -2.60. The van der Waals surface area contributed by atoms with E-state index in [1.165, 1.54) is 0 Å². The molecule has 0 spiro atoms. The quantitative estimate of drug-likeness (QED) is 0.561. The first-order chi connectivity index (χ1) is 12.1. The fourth-order valence-corrected chi connectivity index (χ4v) is 2.63. The highest BCUT2D eigenvalue weighted by Gasteiger charge is 2.15. The molecule has 6 heteroatoms. The number of carbonyl (C=O) groups excluding carboxylic acids is 1. The normalized spacial score (nSPS) is 10.5. The van der Waals surface area contributed by atoms with Gasteiger partial charge in [0.05, 0.1) is 0 Å². The zero-order valence-electron chi connectivity index (χ0n) is 13.6. The second-order valence-electron chi connectivity index (χ2n) is 5.38. The summed E-state index contributed by atoms with van der Waals surface area (Å²) in [5, 5.41) is 3.80. The highest BCUT2D eigenvalue weighted by Crippen LogP contribution is 2.23. The number of carbonyl (C=O) groups is 1. The molecule has 0 N–H and O–H groups in total. The van der Waals surface area contributed by atoms with Crippen LogP contribution in [0.4, 0.5) is 0 Å². The minimum absolute atomic E-state index is 0.0503. The molecule has 0 saturated heterocycles. The maximum Gasteiger partial charge on any atom is 0.342 e. The van der Waals surface area contributed by atoms with Crippen LogP contribution >= 0.6 is 15.9 Å². The number of ether oxygens (including phenoxy) is 2. The molecular weight excluding hydrogens is 386 g/mol. The average molecular weight is 402 g/mol. The smallest absolute Gasteiger partial charge is 0.342 e. The number of halogens is 1. The van der Waals surface area contributed by atoms with Crippen LogP contribution in [0.5, 0.6) is 5.75 Å². The van der Waals surface area contributed by atoms with E-state index in [-0.39, 0.29) is 6.61 Å². The SMILES string of the molecule is Cc1cc(COC(=O)c2ccccc2OCc2ccccc2Br)no1. The van der Waals surface area contributed by atoms with Crippen LogP contribution in [0.3, 0.4) is 0 Å². The zero-order valence-corrected chi connectivity index (χ0v) is 15.2. The van der Waals surface area contributed by atoms with Gasteiger partial charge in [0.2, 0.25) is 0 Å². The number of rotatable bonds is 6. The minimum atomic E-state index is -0.469. The number of aryl methyl sites for hydroxylation is 1. The van der Waals surface area contributed by atoms with Gasteiger partial charge in [-0.05, 0) is 25.1 Å². The summed E-state index contributed by atoms with van der Waals surface area (Å²) < 4.78 is 17.0. The van der Waals surface area contributed by atoms with E-state index in [9.17, 15) is 4.79 Å². The van der Waals surface area contributed by atoms with E-state index in [0.717, 1.165) is 10.0 Å². The zero-order chi connectivity index (χ0) is 17.6. The van der Waals surface area contributed by atoms with Gasteiger partial charge in [0.25, 0.3) is 0 Å². The number of hydrogen-bond donors (Lipinski definition) is 0. The molecule has 25 heavy (non-hydrogen) atoms. The van der Waals surface area contributed by atoms with E-state index in [4.69, 9.17) is 14.0 Å². The minimum Gasteiger partial charge on any atom is -0.488 e. The fraction of sp³-hybridized carbons (Fsp3) is 0.158. The first-order valence-corrected chi connectivity index (χ1v) is 8.47. The maximum absolute atomic E-state index is 12.4. The molecule has 3 rings (SSSR count). The number of nitrogens with zero attached hydrogens (tertiary/aromatic N) is 1. The first-order valence-electron chi connectivity index (χ1n) is 7.68. The van der Waals surface area contributed by atoms with Crippen molar-refractivity contribution in [3.8, 4) is 5.75 Å². The molecule has 1 aromatic heterocycles. The predicted molar refractivity (Wildman–Crippen MR) is 95.3 cm³/mol. The van der Waals surface area contributed by atoms with Crippen molar-refractivity contribution >= 4 is 21.9 Å². The van der Waals surface area contributed by atoms with Crippen LogP contribution in [0.15, 0.2) is 63.6 Å². The van der Waals surface area contributed by atoms with Crippen molar-refractivity contribution in [3.63, 3.8) is 0 Å². The predicted octanol–water partition coefficient (Wildman–Crippen LogP) is 4.68. The van der Waals surface area contributed by atoms with Crippen LogP contribution in [0, 0.1) is 6.92 Å². The number of esters is 1. The van der Waals surface area contributed by atoms with Gasteiger partial charge in [-0.3, -0.25) is 0 Å². The summed E-state index contributed by atoms with van der Waals surface area (Å²) in [6.45, 7) is 2.17. The van der Waals surface area contributed by atoms with Gasteiger partial charge in [-0.15, -0.1) is 0 Å². The molecule has 128 valence electrons. The summed E-state index contributed by atoms with van der Waals surface area (Å²) in [6, 6.07) is 16.5. The van der Waals surface area contributed by atoms with Crippen LogP contribution in [0.2, 0.25) is 0 Å². The molecule has 5 nitrogen and oxygen atoms in total. The van der Waals surface area contributed by atoms with Gasteiger partial charge >= 0.3 is 5.97 Å². The molecule has 0 atom stereocenters. The lowest BCUT2D eigenvalue weighted by Gasteiger charge is -2.11. The number of hydrogen-bond acceptors (Lipinski definition) is 5. The average Bonchev–Trinajstić information content (AvgIpc) is 3.04. The topological polar surface area (TPSA) is 61.6 Å². The molecule has 0 radical (unpaired) electrons. The standard InChI is InChI=1S/C19H16BrNO4/c1-13-10-15(21-25-13)12-24-19(22)16-7-3-5-9-18(16)23-11-14-6-2-4-8-17(14)20/h2-10H,11-12H2,1H3. The van der Waals surface area contributed by atoms with E-state index < -0.39 is 5.97 Å². The summed E-state index contributed by atoms with van der Waals surface area (Å²) in [5.74, 6) is 0.672. The van der Waals surface area contributed by atoms with Crippen molar-refractivity contribution in [1.82, 2.24) is 5.16 Å². The maximum atomic E-state index is 12.4. The van der Waals surface area contributed by atoms with Gasteiger partial charge in [0.1, 0.15) is 36.0 Å².